The van der Waals surface area contributed by atoms with Gasteiger partial charge in [0.15, 0.2) is 0 Å². The van der Waals surface area contributed by atoms with Gasteiger partial charge in [-0.15, -0.1) is 0 Å². The number of benzene rings is 3. The number of rotatable bonds is 5. The van der Waals surface area contributed by atoms with Gasteiger partial charge in [0.05, 0.1) is 23.4 Å². The molecule has 148 valence electrons. The Bertz CT molecular complexity index is 1180. The molecule has 0 bridgehead atoms. The quantitative estimate of drug-likeness (QED) is 0.691. The summed E-state index contributed by atoms with van der Waals surface area (Å²) in [4.78, 5) is 4.91. The number of nitrogens with zero attached hydrogens (tertiary/aromatic N) is 1. The van der Waals surface area contributed by atoms with E-state index in [0.717, 1.165) is 35.4 Å². The molecule has 0 fully saturated rings. The number of aliphatic imine (C=N–C) groups is 1. The van der Waals surface area contributed by atoms with Gasteiger partial charge in [0.25, 0.3) is 10.0 Å². The summed E-state index contributed by atoms with van der Waals surface area (Å²) in [5.74, 6) is 0.448. The largest absolute Gasteiger partial charge is 0.495 e. The molecule has 29 heavy (non-hydrogen) atoms. The molecule has 0 spiro atoms. The van der Waals surface area contributed by atoms with Gasteiger partial charge in [-0.05, 0) is 43.2 Å². The van der Waals surface area contributed by atoms with Crippen molar-refractivity contribution in [3.05, 3.63) is 89.0 Å². The summed E-state index contributed by atoms with van der Waals surface area (Å²) in [6.07, 6.45) is 0.922. The molecule has 0 aliphatic carbocycles. The fourth-order valence-electron chi connectivity index (χ4n) is 3.43. The van der Waals surface area contributed by atoms with E-state index < -0.39 is 10.0 Å². The predicted molar refractivity (Wildman–Crippen MR) is 116 cm³/mol. The van der Waals surface area contributed by atoms with Gasteiger partial charge in [-0.25, -0.2) is 8.42 Å². The van der Waals surface area contributed by atoms with Crippen molar-refractivity contribution in [1.29, 1.82) is 0 Å². The summed E-state index contributed by atoms with van der Waals surface area (Å²) in [7, 11) is -2.18. The summed E-state index contributed by atoms with van der Waals surface area (Å²) >= 11 is 0. The summed E-state index contributed by atoms with van der Waals surface area (Å²) in [6, 6.07) is 20.4. The Labute approximate surface area is 171 Å². The van der Waals surface area contributed by atoms with Crippen LogP contribution in [0.1, 0.15) is 22.3 Å². The molecule has 0 unspecified atom stereocenters. The first-order valence-electron chi connectivity index (χ1n) is 9.38. The number of aryl methyl sites for hydroxylation is 1. The normalized spacial score (nSPS) is 13.4. The second-order valence-corrected chi connectivity index (χ2v) is 8.65. The van der Waals surface area contributed by atoms with Crippen molar-refractivity contribution in [1.82, 2.24) is 0 Å². The van der Waals surface area contributed by atoms with E-state index in [1.54, 1.807) is 30.3 Å². The topological polar surface area (TPSA) is 67.8 Å². The third-order valence-electron chi connectivity index (χ3n) is 4.97. The highest BCUT2D eigenvalue weighted by molar-refractivity contribution is 7.92. The molecule has 0 saturated heterocycles. The van der Waals surface area contributed by atoms with E-state index in [1.165, 1.54) is 12.7 Å². The molecule has 0 radical (unpaired) electrons. The highest BCUT2D eigenvalue weighted by Gasteiger charge is 2.19. The van der Waals surface area contributed by atoms with Crippen molar-refractivity contribution in [3.63, 3.8) is 0 Å². The molecule has 3 aromatic rings. The summed E-state index contributed by atoms with van der Waals surface area (Å²) in [5, 5.41) is 0. The minimum Gasteiger partial charge on any atom is -0.495 e. The predicted octanol–water partition coefficient (Wildman–Crippen LogP) is 4.20. The van der Waals surface area contributed by atoms with Crippen LogP contribution in [-0.2, 0) is 16.4 Å². The van der Waals surface area contributed by atoms with E-state index in [2.05, 4.69) is 16.9 Å². The first-order valence-corrected chi connectivity index (χ1v) is 10.9. The molecule has 0 atom stereocenters. The lowest BCUT2D eigenvalue weighted by Gasteiger charge is -2.18. The number of fused-ring (bicyclic) bond motifs is 1. The van der Waals surface area contributed by atoms with E-state index in [4.69, 9.17) is 9.73 Å². The fourth-order valence-corrected chi connectivity index (χ4v) is 4.50. The lowest BCUT2D eigenvalue weighted by molar-refractivity contribution is 0.417. The molecule has 1 aliphatic heterocycles. The van der Waals surface area contributed by atoms with Crippen LogP contribution in [0.5, 0.6) is 5.75 Å². The lowest BCUT2D eigenvalue weighted by atomic mass is 9.93. The Kier molecular flexibility index (Phi) is 5.11. The first-order chi connectivity index (χ1) is 14.0. The molecular formula is C23H22N2O3S. The second-order valence-electron chi connectivity index (χ2n) is 6.97. The third-order valence-corrected chi connectivity index (χ3v) is 6.36. The van der Waals surface area contributed by atoms with Crippen LogP contribution in [0.25, 0.3) is 0 Å². The minimum absolute atomic E-state index is 0.208. The fraction of sp³-hybridized carbons (Fsp3) is 0.174. The second kappa shape index (κ2) is 7.72. The standard InChI is InChI=1S/C23H22N2O3S/c1-16-7-10-19(11-8-16)29(26,27)25-21-12-9-18(15-22(21)28-2)23-20-6-4-3-5-17(20)13-14-24-23/h3-12,15,25H,13-14H2,1-2H3. The smallest absolute Gasteiger partial charge is 0.262 e. The number of methoxy groups -OCH3 is 1. The molecule has 1 aliphatic rings. The van der Waals surface area contributed by atoms with Gasteiger partial charge in [-0.2, -0.15) is 0 Å². The maximum Gasteiger partial charge on any atom is 0.262 e. The Balaban J connectivity index is 1.68. The summed E-state index contributed by atoms with van der Waals surface area (Å²) in [5.41, 5.74) is 5.56. The van der Waals surface area contributed by atoms with Gasteiger partial charge in [0.2, 0.25) is 0 Å². The summed E-state index contributed by atoms with van der Waals surface area (Å²) < 4.78 is 33.6. The van der Waals surface area contributed by atoms with Gasteiger partial charge in [0.1, 0.15) is 5.75 Å². The molecule has 3 aromatic carbocycles. The van der Waals surface area contributed by atoms with Crippen LogP contribution < -0.4 is 9.46 Å². The van der Waals surface area contributed by atoms with Crippen LogP contribution in [0.2, 0.25) is 0 Å². The Morgan fingerprint density at radius 1 is 1.00 bits per heavy atom. The first kappa shape index (κ1) is 19.2. The zero-order valence-electron chi connectivity index (χ0n) is 16.3. The maximum absolute atomic E-state index is 12.7. The summed E-state index contributed by atoms with van der Waals surface area (Å²) in [6.45, 7) is 2.65. The van der Waals surface area contributed by atoms with E-state index in [9.17, 15) is 8.42 Å². The average molecular weight is 407 g/mol. The van der Waals surface area contributed by atoms with Crippen molar-refractivity contribution >= 4 is 21.4 Å². The van der Waals surface area contributed by atoms with E-state index in [-0.39, 0.29) is 4.90 Å². The highest BCUT2D eigenvalue weighted by Crippen LogP contribution is 2.30. The van der Waals surface area contributed by atoms with Crippen LogP contribution in [0.3, 0.4) is 0 Å². The Morgan fingerprint density at radius 3 is 2.52 bits per heavy atom. The Hall–Kier alpha value is -3.12. The zero-order chi connectivity index (χ0) is 20.4. The maximum atomic E-state index is 12.7. The van der Waals surface area contributed by atoms with Crippen LogP contribution in [0.15, 0.2) is 76.6 Å². The van der Waals surface area contributed by atoms with Crippen molar-refractivity contribution in [2.75, 3.05) is 18.4 Å². The molecule has 0 saturated carbocycles. The third kappa shape index (κ3) is 3.89. The molecule has 6 heteroatoms. The molecule has 5 nitrogen and oxygen atoms in total. The van der Waals surface area contributed by atoms with Crippen LogP contribution in [0, 0.1) is 6.92 Å². The van der Waals surface area contributed by atoms with Gasteiger partial charge in [-0.3, -0.25) is 9.71 Å². The van der Waals surface area contributed by atoms with Crippen molar-refractivity contribution in [3.8, 4) is 5.75 Å². The molecule has 4 rings (SSSR count). The Morgan fingerprint density at radius 2 is 1.76 bits per heavy atom. The molecule has 0 amide bonds. The molecule has 0 aromatic heterocycles. The van der Waals surface area contributed by atoms with Crippen molar-refractivity contribution in [2.45, 2.75) is 18.2 Å². The van der Waals surface area contributed by atoms with Crippen LogP contribution in [0.4, 0.5) is 5.69 Å². The van der Waals surface area contributed by atoms with E-state index in [0.29, 0.717) is 11.4 Å². The number of sulfonamides is 1. The SMILES string of the molecule is COc1cc(C2=NCCc3ccccc32)ccc1NS(=O)(=O)c1ccc(C)cc1. The molecular weight excluding hydrogens is 384 g/mol. The monoisotopic (exact) mass is 406 g/mol. The molecule has 1 heterocycles. The van der Waals surface area contributed by atoms with E-state index in [1.807, 2.05) is 31.2 Å². The number of nitrogens with one attached hydrogen (secondary N) is 1. The number of hydrogen-bond acceptors (Lipinski definition) is 4. The van der Waals surface area contributed by atoms with Gasteiger partial charge < -0.3 is 4.74 Å². The van der Waals surface area contributed by atoms with Crippen LogP contribution in [-0.4, -0.2) is 27.8 Å². The number of anilines is 1. The molecule has 1 N–H and O–H groups in total. The average Bonchev–Trinajstić information content (AvgIpc) is 2.74. The van der Waals surface area contributed by atoms with Crippen molar-refractivity contribution < 1.29 is 13.2 Å². The van der Waals surface area contributed by atoms with E-state index >= 15 is 0 Å². The highest BCUT2D eigenvalue weighted by atomic mass is 32.2. The van der Waals surface area contributed by atoms with Gasteiger partial charge in [-0.1, -0.05) is 48.0 Å². The minimum atomic E-state index is -3.71. The number of hydrogen-bond donors (Lipinski definition) is 1. The van der Waals surface area contributed by atoms with Gasteiger partial charge in [0, 0.05) is 17.7 Å². The number of ether oxygens (including phenoxy) is 1. The zero-order valence-corrected chi connectivity index (χ0v) is 17.2. The van der Waals surface area contributed by atoms with Gasteiger partial charge >= 0.3 is 0 Å². The van der Waals surface area contributed by atoms with Crippen LogP contribution >= 0.6 is 0 Å². The van der Waals surface area contributed by atoms with Crippen molar-refractivity contribution in [2.24, 2.45) is 4.99 Å². The lowest BCUT2D eigenvalue weighted by Crippen LogP contribution is -2.16.